The second-order valence-electron chi connectivity index (χ2n) is 6.67. The fraction of sp³-hybridized carbons (Fsp3) is 0.471. The number of likely N-dealkylation sites (tertiary alicyclic amines) is 1. The van der Waals surface area contributed by atoms with Crippen molar-refractivity contribution >= 4 is 5.91 Å². The average Bonchev–Trinajstić information content (AvgIpc) is 3.20. The van der Waals surface area contributed by atoms with Crippen LogP contribution in [0.25, 0.3) is 0 Å². The van der Waals surface area contributed by atoms with Gasteiger partial charge in [-0.2, -0.15) is 15.4 Å². The topological polar surface area (TPSA) is 82.1 Å². The first kappa shape index (κ1) is 14.4. The van der Waals surface area contributed by atoms with Crippen molar-refractivity contribution < 1.29 is 9.90 Å². The van der Waals surface area contributed by atoms with Crippen LogP contribution < -0.4 is 0 Å². The summed E-state index contributed by atoms with van der Waals surface area (Å²) in [5, 5.41) is 21.2. The molecule has 2 heterocycles. The van der Waals surface area contributed by atoms with E-state index in [9.17, 15) is 9.90 Å². The molecule has 1 saturated carbocycles. The number of aromatic nitrogens is 3. The highest BCUT2D eigenvalue weighted by molar-refractivity contribution is 5.91. The van der Waals surface area contributed by atoms with Gasteiger partial charge in [-0.25, -0.2) is 0 Å². The Bertz CT molecular complexity index is 697. The summed E-state index contributed by atoms with van der Waals surface area (Å²) < 4.78 is 0. The third-order valence-electron chi connectivity index (χ3n) is 5.14. The molecule has 1 aliphatic heterocycles. The molecule has 1 aromatic heterocycles. The summed E-state index contributed by atoms with van der Waals surface area (Å²) in [6.45, 7) is 0.973. The molecule has 23 heavy (non-hydrogen) atoms. The highest BCUT2D eigenvalue weighted by Gasteiger charge is 2.54. The van der Waals surface area contributed by atoms with E-state index in [2.05, 4.69) is 15.4 Å². The Hall–Kier alpha value is -2.21. The van der Waals surface area contributed by atoms with Gasteiger partial charge in [0.25, 0.3) is 0 Å². The number of hydrogen-bond acceptors (Lipinski definition) is 4. The maximum absolute atomic E-state index is 13.1. The minimum absolute atomic E-state index is 0.130. The minimum atomic E-state index is -1.10. The van der Waals surface area contributed by atoms with Crippen molar-refractivity contribution in [2.75, 3.05) is 13.1 Å². The van der Waals surface area contributed by atoms with Crippen molar-refractivity contribution in [3.8, 4) is 0 Å². The highest BCUT2D eigenvalue weighted by Crippen LogP contribution is 2.50. The lowest BCUT2D eigenvalue weighted by Crippen LogP contribution is -2.51. The Morgan fingerprint density at radius 2 is 2.00 bits per heavy atom. The van der Waals surface area contributed by atoms with Gasteiger partial charge in [0, 0.05) is 6.54 Å². The van der Waals surface area contributed by atoms with Gasteiger partial charge in [0.2, 0.25) is 5.91 Å². The molecule has 2 aromatic rings. The predicted molar refractivity (Wildman–Crippen MR) is 83.4 cm³/mol. The molecule has 6 nitrogen and oxygen atoms in total. The molecular weight excluding hydrogens is 292 g/mol. The SMILES string of the molecule is O=C(N1CCCC(O)(c2cn[nH]n2)C1)C1(c2ccccc2)CC1. The summed E-state index contributed by atoms with van der Waals surface area (Å²) in [7, 11) is 0. The summed E-state index contributed by atoms with van der Waals surface area (Å²) in [6.07, 6.45) is 4.67. The maximum atomic E-state index is 13.1. The van der Waals surface area contributed by atoms with E-state index in [-0.39, 0.29) is 17.9 Å². The van der Waals surface area contributed by atoms with Crippen molar-refractivity contribution in [3.63, 3.8) is 0 Å². The lowest BCUT2D eigenvalue weighted by Gasteiger charge is -2.39. The summed E-state index contributed by atoms with van der Waals surface area (Å²) in [5.74, 6) is 0.130. The number of H-pyrrole nitrogens is 1. The van der Waals surface area contributed by atoms with E-state index in [0.717, 1.165) is 24.8 Å². The van der Waals surface area contributed by atoms with Gasteiger partial charge in [0.05, 0.1) is 18.2 Å². The quantitative estimate of drug-likeness (QED) is 0.896. The zero-order valence-electron chi connectivity index (χ0n) is 12.9. The molecule has 1 aliphatic carbocycles. The molecule has 0 radical (unpaired) electrons. The van der Waals surface area contributed by atoms with E-state index in [1.807, 2.05) is 30.3 Å². The molecule has 1 saturated heterocycles. The van der Waals surface area contributed by atoms with Gasteiger partial charge in [0.15, 0.2) is 0 Å². The van der Waals surface area contributed by atoms with Crippen molar-refractivity contribution in [1.82, 2.24) is 20.3 Å². The molecule has 4 rings (SSSR count). The van der Waals surface area contributed by atoms with Crippen LogP contribution in [0.15, 0.2) is 36.5 Å². The van der Waals surface area contributed by atoms with Crippen LogP contribution in [0.2, 0.25) is 0 Å². The summed E-state index contributed by atoms with van der Waals surface area (Å²) in [4.78, 5) is 14.9. The molecule has 2 aliphatic rings. The Balaban J connectivity index is 1.58. The molecule has 1 amide bonds. The normalized spacial score (nSPS) is 26.0. The van der Waals surface area contributed by atoms with Crippen LogP contribution >= 0.6 is 0 Å². The van der Waals surface area contributed by atoms with Crippen LogP contribution in [-0.2, 0) is 15.8 Å². The maximum Gasteiger partial charge on any atom is 0.233 e. The Labute approximate surface area is 134 Å². The minimum Gasteiger partial charge on any atom is -0.382 e. The largest absolute Gasteiger partial charge is 0.382 e. The number of rotatable bonds is 3. The van der Waals surface area contributed by atoms with Crippen molar-refractivity contribution in [2.24, 2.45) is 0 Å². The van der Waals surface area contributed by atoms with Crippen LogP contribution in [0.5, 0.6) is 0 Å². The Morgan fingerprint density at radius 1 is 1.22 bits per heavy atom. The van der Waals surface area contributed by atoms with Crippen LogP contribution in [0.4, 0.5) is 0 Å². The number of nitrogens with zero attached hydrogens (tertiary/aromatic N) is 3. The van der Waals surface area contributed by atoms with E-state index in [1.165, 1.54) is 6.20 Å². The standard InChI is InChI=1S/C17H20N4O2/c22-15(16(8-9-16)13-5-2-1-3-6-13)21-10-4-7-17(23,12-21)14-11-18-20-19-14/h1-3,5-6,11,23H,4,7-10,12H2,(H,18,19,20). The zero-order valence-corrected chi connectivity index (χ0v) is 12.9. The van der Waals surface area contributed by atoms with Gasteiger partial charge in [-0.1, -0.05) is 30.3 Å². The Kier molecular flexibility index (Phi) is 3.23. The molecule has 6 heteroatoms. The lowest BCUT2D eigenvalue weighted by atomic mass is 9.87. The fourth-order valence-corrected chi connectivity index (χ4v) is 3.66. The van der Waals surface area contributed by atoms with Crippen LogP contribution in [-0.4, -0.2) is 44.4 Å². The van der Waals surface area contributed by atoms with Gasteiger partial charge in [-0.05, 0) is 31.2 Å². The first-order valence-corrected chi connectivity index (χ1v) is 8.08. The number of aromatic amines is 1. The average molecular weight is 312 g/mol. The van der Waals surface area contributed by atoms with Gasteiger partial charge in [0.1, 0.15) is 11.3 Å². The van der Waals surface area contributed by atoms with Crippen molar-refractivity contribution in [3.05, 3.63) is 47.8 Å². The van der Waals surface area contributed by atoms with Crippen LogP contribution in [0.3, 0.4) is 0 Å². The molecule has 1 atom stereocenters. The molecule has 0 bridgehead atoms. The molecule has 120 valence electrons. The number of β-amino-alcohol motifs (C(OH)–C–C–N with tert-alkyl or cyclic N) is 1. The highest BCUT2D eigenvalue weighted by atomic mass is 16.3. The third kappa shape index (κ3) is 2.34. The predicted octanol–water partition coefficient (Wildman–Crippen LogP) is 1.35. The second kappa shape index (κ2) is 5.16. The molecule has 0 spiro atoms. The first-order chi connectivity index (χ1) is 11.1. The molecule has 2 fully saturated rings. The fourth-order valence-electron chi connectivity index (χ4n) is 3.66. The van der Waals surface area contributed by atoms with Crippen LogP contribution in [0.1, 0.15) is 36.9 Å². The number of piperidine rings is 1. The zero-order chi connectivity index (χ0) is 15.9. The smallest absolute Gasteiger partial charge is 0.233 e. The van der Waals surface area contributed by atoms with Crippen molar-refractivity contribution in [1.29, 1.82) is 0 Å². The number of amides is 1. The second-order valence-corrected chi connectivity index (χ2v) is 6.67. The number of nitrogens with one attached hydrogen (secondary N) is 1. The molecule has 1 unspecified atom stereocenters. The van der Waals surface area contributed by atoms with Crippen LogP contribution in [0, 0.1) is 0 Å². The summed E-state index contributed by atoms with van der Waals surface area (Å²) in [5.41, 5.74) is 0.108. The lowest BCUT2D eigenvalue weighted by molar-refractivity contribution is -0.141. The third-order valence-corrected chi connectivity index (χ3v) is 5.14. The molecular formula is C17H20N4O2. The molecule has 1 aromatic carbocycles. The van der Waals surface area contributed by atoms with E-state index >= 15 is 0 Å². The number of hydrogen-bond donors (Lipinski definition) is 2. The number of carbonyl (C=O) groups excluding carboxylic acids is 1. The van der Waals surface area contributed by atoms with E-state index in [1.54, 1.807) is 4.90 Å². The number of carbonyl (C=O) groups is 1. The number of benzene rings is 1. The van der Waals surface area contributed by atoms with Gasteiger partial charge in [-0.3, -0.25) is 4.79 Å². The van der Waals surface area contributed by atoms with E-state index in [4.69, 9.17) is 0 Å². The molecule has 2 N–H and O–H groups in total. The number of aliphatic hydroxyl groups is 1. The Morgan fingerprint density at radius 3 is 2.65 bits per heavy atom. The van der Waals surface area contributed by atoms with Gasteiger partial charge in [-0.15, -0.1) is 0 Å². The van der Waals surface area contributed by atoms with E-state index < -0.39 is 5.60 Å². The summed E-state index contributed by atoms with van der Waals surface area (Å²) in [6, 6.07) is 9.97. The summed E-state index contributed by atoms with van der Waals surface area (Å²) >= 11 is 0. The monoisotopic (exact) mass is 312 g/mol. The first-order valence-electron chi connectivity index (χ1n) is 8.08. The van der Waals surface area contributed by atoms with Gasteiger partial charge >= 0.3 is 0 Å². The van der Waals surface area contributed by atoms with Gasteiger partial charge < -0.3 is 10.0 Å². The van der Waals surface area contributed by atoms with E-state index in [0.29, 0.717) is 18.7 Å². The van der Waals surface area contributed by atoms with Crippen molar-refractivity contribution in [2.45, 2.75) is 36.7 Å².